The van der Waals surface area contributed by atoms with E-state index in [0.717, 1.165) is 35.9 Å². The lowest BCUT2D eigenvalue weighted by atomic mass is 10.1. The fraction of sp³-hybridized carbons (Fsp3) is 0.316. The number of H-pyrrole nitrogens is 1. The number of thiophene rings is 1. The number of imidazole rings is 1. The zero-order chi connectivity index (χ0) is 18.8. The van der Waals surface area contributed by atoms with Gasteiger partial charge in [0.25, 0.3) is 0 Å². The van der Waals surface area contributed by atoms with Crippen LogP contribution in [0.3, 0.4) is 0 Å². The number of aromatic nitrogens is 2. The molecule has 0 saturated heterocycles. The molecule has 0 fully saturated rings. The molecule has 140 valence electrons. The van der Waals surface area contributed by atoms with Gasteiger partial charge in [0.1, 0.15) is 5.00 Å². The topological polar surface area (TPSA) is 84.1 Å². The van der Waals surface area contributed by atoms with E-state index in [-0.39, 0.29) is 17.6 Å². The number of rotatable bonds is 6. The Morgan fingerprint density at radius 2 is 2.19 bits per heavy atom. The minimum atomic E-state index is -0.350. The first-order valence-corrected chi connectivity index (χ1v) is 10.6. The van der Waals surface area contributed by atoms with E-state index in [0.29, 0.717) is 22.3 Å². The van der Waals surface area contributed by atoms with Crippen LogP contribution in [-0.4, -0.2) is 34.2 Å². The molecule has 2 aromatic heterocycles. The molecule has 4 rings (SSSR count). The van der Waals surface area contributed by atoms with Gasteiger partial charge in [-0.1, -0.05) is 23.9 Å². The number of carbonyl (C=O) groups is 2. The molecule has 0 spiro atoms. The Labute approximate surface area is 164 Å². The normalized spacial score (nSPS) is 12.9. The lowest BCUT2D eigenvalue weighted by Crippen LogP contribution is -2.16. The molecule has 0 bridgehead atoms. The van der Waals surface area contributed by atoms with Gasteiger partial charge >= 0.3 is 5.97 Å². The summed E-state index contributed by atoms with van der Waals surface area (Å²) in [6, 6.07) is 7.74. The first-order chi connectivity index (χ1) is 13.2. The number of carbonyl (C=O) groups excluding carboxylic acids is 2. The molecule has 0 atom stereocenters. The molecule has 27 heavy (non-hydrogen) atoms. The van der Waals surface area contributed by atoms with Crippen LogP contribution < -0.4 is 5.32 Å². The van der Waals surface area contributed by atoms with Crippen molar-refractivity contribution in [2.24, 2.45) is 0 Å². The van der Waals surface area contributed by atoms with Crippen molar-refractivity contribution < 1.29 is 14.3 Å². The average molecular weight is 402 g/mol. The van der Waals surface area contributed by atoms with Gasteiger partial charge in [0.15, 0.2) is 5.16 Å². The minimum Gasteiger partial charge on any atom is -0.462 e. The van der Waals surface area contributed by atoms with E-state index < -0.39 is 0 Å². The van der Waals surface area contributed by atoms with Crippen LogP contribution in [0.2, 0.25) is 0 Å². The smallest absolute Gasteiger partial charge is 0.341 e. The van der Waals surface area contributed by atoms with Crippen LogP contribution >= 0.6 is 23.1 Å². The van der Waals surface area contributed by atoms with Crippen LogP contribution in [0.5, 0.6) is 0 Å². The van der Waals surface area contributed by atoms with Gasteiger partial charge in [-0.05, 0) is 43.9 Å². The largest absolute Gasteiger partial charge is 0.462 e. The molecule has 1 aliphatic carbocycles. The standard InChI is InChI=1S/C19H19N3O3S2/c1-2-25-18(24)16-11-6-5-9-14(11)27-17(16)22-15(23)10-26-19-20-12-7-3-4-8-13(12)21-19/h3-4,7-8H,2,5-6,9-10H2,1H3,(H,20,21)(H,22,23). The predicted molar refractivity (Wildman–Crippen MR) is 108 cm³/mol. The van der Waals surface area contributed by atoms with Crippen molar-refractivity contribution >= 4 is 51.0 Å². The molecule has 1 aromatic carbocycles. The zero-order valence-corrected chi connectivity index (χ0v) is 16.5. The summed E-state index contributed by atoms with van der Waals surface area (Å²) >= 11 is 2.83. The maximum Gasteiger partial charge on any atom is 0.341 e. The van der Waals surface area contributed by atoms with Gasteiger partial charge in [0.05, 0.1) is 29.0 Å². The van der Waals surface area contributed by atoms with Crippen molar-refractivity contribution in [3.8, 4) is 0 Å². The van der Waals surface area contributed by atoms with E-state index in [4.69, 9.17) is 4.74 Å². The van der Waals surface area contributed by atoms with Crippen LogP contribution in [0.1, 0.15) is 34.1 Å². The molecule has 2 heterocycles. The molecule has 0 aliphatic heterocycles. The molecule has 8 heteroatoms. The molecule has 2 N–H and O–H groups in total. The van der Waals surface area contributed by atoms with Crippen LogP contribution in [-0.2, 0) is 22.4 Å². The Kier molecular flexibility index (Phi) is 5.18. The monoisotopic (exact) mass is 401 g/mol. The highest BCUT2D eigenvalue weighted by Gasteiger charge is 2.28. The molecule has 1 aliphatic rings. The van der Waals surface area contributed by atoms with Gasteiger partial charge in [-0.25, -0.2) is 9.78 Å². The van der Waals surface area contributed by atoms with Crippen molar-refractivity contribution in [2.75, 3.05) is 17.7 Å². The third kappa shape index (κ3) is 3.72. The van der Waals surface area contributed by atoms with Crippen LogP contribution in [0.25, 0.3) is 11.0 Å². The maximum atomic E-state index is 12.4. The van der Waals surface area contributed by atoms with Crippen molar-refractivity contribution in [2.45, 2.75) is 31.3 Å². The highest BCUT2D eigenvalue weighted by atomic mass is 32.2. The summed E-state index contributed by atoms with van der Waals surface area (Å²) < 4.78 is 5.19. The third-order valence-corrected chi connectivity index (χ3v) is 6.44. The van der Waals surface area contributed by atoms with Gasteiger partial charge < -0.3 is 15.0 Å². The fourth-order valence-electron chi connectivity index (χ4n) is 3.21. The number of nitrogens with one attached hydrogen (secondary N) is 2. The number of anilines is 1. The Balaban J connectivity index is 1.45. The summed E-state index contributed by atoms with van der Waals surface area (Å²) in [6.07, 6.45) is 2.86. The number of hydrogen-bond acceptors (Lipinski definition) is 6. The van der Waals surface area contributed by atoms with E-state index in [2.05, 4.69) is 15.3 Å². The van der Waals surface area contributed by atoms with Crippen molar-refractivity contribution in [3.63, 3.8) is 0 Å². The number of amides is 1. The zero-order valence-electron chi connectivity index (χ0n) is 14.8. The maximum absolute atomic E-state index is 12.4. The quantitative estimate of drug-likeness (QED) is 0.481. The van der Waals surface area contributed by atoms with Crippen molar-refractivity contribution in [1.29, 1.82) is 0 Å². The number of thioether (sulfide) groups is 1. The molecule has 3 aromatic rings. The molecule has 6 nitrogen and oxygen atoms in total. The number of fused-ring (bicyclic) bond motifs is 2. The second kappa shape index (κ2) is 7.74. The van der Waals surface area contributed by atoms with Gasteiger partial charge in [0.2, 0.25) is 5.91 Å². The van der Waals surface area contributed by atoms with E-state index >= 15 is 0 Å². The number of benzene rings is 1. The predicted octanol–water partition coefficient (Wildman–Crippen LogP) is 4.02. The highest BCUT2D eigenvalue weighted by Crippen LogP contribution is 2.39. The number of ether oxygens (including phenoxy) is 1. The lowest BCUT2D eigenvalue weighted by Gasteiger charge is -2.07. The van der Waals surface area contributed by atoms with Gasteiger partial charge in [-0.15, -0.1) is 11.3 Å². The first-order valence-electron chi connectivity index (χ1n) is 8.84. The summed E-state index contributed by atoms with van der Waals surface area (Å²) in [7, 11) is 0. The molecule has 1 amide bonds. The lowest BCUT2D eigenvalue weighted by molar-refractivity contribution is -0.113. The van der Waals surface area contributed by atoms with Crippen LogP contribution in [0, 0.1) is 0 Å². The number of para-hydroxylation sites is 2. The van der Waals surface area contributed by atoms with Crippen molar-refractivity contribution in [3.05, 3.63) is 40.3 Å². The summed E-state index contributed by atoms with van der Waals surface area (Å²) in [5.74, 6) is -0.298. The molecule has 0 saturated carbocycles. The fourth-order valence-corrected chi connectivity index (χ4v) is 5.18. The Morgan fingerprint density at radius 3 is 3.00 bits per heavy atom. The van der Waals surface area contributed by atoms with E-state index in [1.165, 1.54) is 28.0 Å². The summed E-state index contributed by atoms with van der Waals surface area (Å²) in [6.45, 7) is 2.10. The Hall–Kier alpha value is -2.32. The summed E-state index contributed by atoms with van der Waals surface area (Å²) in [4.78, 5) is 33.6. The highest BCUT2D eigenvalue weighted by molar-refractivity contribution is 7.99. The molecular formula is C19H19N3O3S2. The first kappa shape index (κ1) is 18.1. The van der Waals surface area contributed by atoms with E-state index in [1.54, 1.807) is 6.92 Å². The number of aromatic amines is 1. The number of aryl methyl sites for hydroxylation is 1. The Morgan fingerprint density at radius 1 is 1.33 bits per heavy atom. The number of esters is 1. The number of nitrogens with zero attached hydrogens (tertiary/aromatic N) is 1. The average Bonchev–Trinajstić information content (AvgIpc) is 3.33. The molecular weight excluding hydrogens is 382 g/mol. The van der Waals surface area contributed by atoms with Crippen LogP contribution in [0.15, 0.2) is 29.4 Å². The van der Waals surface area contributed by atoms with E-state index in [1.807, 2.05) is 24.3 Å². The Bertz CT molecular complexity index is 976. The summed E-state index contributed by atoms with van der Waals surface area (Å²) in [5, 5.41) is 4.20. The molecule has 0 unspecified atom stereocenters. The van der Waals surface area contributed by atoms with Crippen molar-refractivity contribution in [1.82, 2.24) is 9.97 Å². The minimum absolute atomic E-state index is 0.161. The van der Waals surface area contributed by atoms with Gasteiger partial charge in [-0.2, -0.15) is 0 Å². The summed E-state index contributed by atoms with van der Waals surface area (Å²) in [5.41, 5.74) is 3.40. The second-order valence-electron chi connectivity index (χ2n) is 6.18. The number of hydrogen-bond donors (Lipinski definition) is 2. The SMILES string of the molecule is CCOC(=O)c1c(NC(=O)CSc2nc3ccccc3[nH]2)sc2c1CCC2. The third-order valence-electron chi connectivity index (χ3n) is 4.36. The van der Waals surface area contributed by atoms with Gasteiger partial charge in [0, 0.05) is 4.88 Å². The second-order valence-corrected chi connectivity index (χ2v) is 8.25. The van der Waals surface area contributed by atoms with Gasteiger partial charge in [-0.3, -0.25) is 4.79 Å². The molecule has 0 radical (unpaired) electrons. The van der Waals surface area contributed by atoms with E-state index in [9.17, 15) is 9.59 Å². The van der Waals surface area contributed by atoms with Crippen LogP contribution in [0.4, 0.5) is 5.00 Å².